The third kappa shape index (κ3) is 7.11. The van der Waals surface area contributed by atoms with E-state index in [4.69, 9.17) is 9.47 Å². The third-order valence-electron chi connectivity index (χ3n) is 2.82. The van der Waals surface area contributed by atoms with Gasteiger partial charge in [-0.15, -0.1) is 0 Å². The van der Waals surface area contributed by atoms with Crippen molar-refractivity contribution in [1.82, 2.24) is 5.32 Å². The Bertz CT molecular complexity index is 502. The molecule has 0 radical (unpaired) electrons. The lowest BCUT2D eigenvalue weighted by molar-refractivity contribution is -0.0260. The zero-order chi connectivity index (χ0) is 16.8. The van der Waals surface area contributed by atoms with Gasteiger partial charge in [-0.1, -0.05) is 50.1 Å². The van der Waals surface area contributed by atoms with E-state index in [0.29, 0.717) is 18.5 Å². The monoisotopic (exact) mass is 435 g/mol. The first-order chi connectivity index (χ1) is 10.2. The molecule has 1 amide bonds. The van der Waals surface area contributed by atoms with Crippen molar-refractivity contribution in [2.24, 2.45) is 0 Å². The van der Waals surface area contributed by atoms with Crippen LogP contribution < -0.4 is 5.32 Å². The van der Waals surface area contributed by atoms with Crippen molar-refractivity contribution in [1.29, 1.82) is 0 Å². The predicted molar refractivity (Wildman–Crippen MR) is 95.4 cm³/mol. The summed E-state index contributed by atoms with van der Waals surface area (Å²) in [6.07, 6.45) is -0.441. The van der Waals surface area contributed by atoms with Crippen LogP contribution in [0.5, 0.6) is 0 Å². The Hall–Kier alpha value is -0.590. The molecule has 1 aromatic carbocycles. The van der Waals surface area contributed by atoms with Crippen molar-refractivity contribution in [3.63, 3.8) is 0 Å². The first kappa shape index (κ1) is 19.5. The number of alkyl halides is 1. The maximum absolute atomic E-state index is 11.7. The van der Waals surface area contributed by atoms with Crippen LogP contribution in [0.2, 0.25) is 0 Å². The largest absolute Gasteiger partial charge is 0.444 e. The van der Waals surface area contributed by atoms with Crippen LogP contribution in [0, 0.1) is 0 Å². The van der Waals surface area contributed by atoms with Crippen molar-refractivity contribution in [2.75, 3.05) is 11.9 Å². The van der Waals surface area contributed by atoms with E-state index in [1.54, 1.807) is 0 Å². The molecule has 0 aromatic heterocycles. The summed E-state index contributed by atoms with van der Waals surface area (Å²) in [5.74, 6) is 0. The molecule has 0 saturated heterocycles. The standard InChI is InChI=1S/C16H23Br2NO3/c1-15(2,3)22-14(20)19-11-16(4,10-17)21-9-12-7-5-6-8-13(12)18/h5-8H,9-11H2,1-4H3,(H,19,20). The van der Waals surface area contributed by atoms with Gasteiger partial charge in [0.05, 0.1) is 18.8 Å². The maximum Gasteiger partial charge on any atom is 0.407 e. The highest BCUT2D eigenvalue weighted by atomic mass is 79.9. The number of nitrogens with one attached hydrogen (secondary N) is 1. The van der Waals surface area contributed by atoms with E-state index in [1.807, 2.05) is 52.0 Å². The maximum atomic E-state index is 11.7. The second-order valence-corrected chi connectivity index (χ2v) is 7.73. The van der Waals surface area contributed by atoms with Gasteiger partial charge in [0.25, 0.3) is 0 Å². The first-order valence-corrected chi connectivity index (χ1v) is 8.97. The zero-order valence-electron chi connectivity index (χ0n) is 13.4. The van der Waals surface area contributed by atoms with Gasteiger partial charge in [0.2, 0.25) is 0 Å². The Balaban J connectivity index is 2.54. The molecular weight excluding hydrogens is 414 g/mol. The van der Waals surface area contributed by atoms with E-state index in [-0.39, 0.29) is 0 Å². The summed E-state index contributed by atoms with van der Waals surface area (Å²) < 4.78 is 12.2. The van der Waals surface area contributed by atoms with Gasteiger partial charge in [0.1, 0.15) is 5.60 Å². The molecule has 1 atom stereocenters. The third-order valence-corrected chi connectivity index (χ3v) is 4.78. The molecule has 1 rings (SSSR count). The fourth-order valence-electron chi connectivity index (χ4n) is 1.58. The van der Waals surface area contributed by atoms with E-state index in [9.17, 15) is 4.79 Å². The molecule has 124 valence electrons. The molecule has 1 aromatic rings. The van der Waals surface area contributed by atoms with Crippen LogP contribution in [-0.4, -0.2) is 29.2 Å². The number of ether oxygens (including phenoxy) is 2. The molecule has 1 unspecified atom stereocenters. The fourth-order valence-corrected chi connectivity index (χ4v) is 2.34. The molecule has 4 nitrogen and oxygen atoms in total. The quantitative estimate of drug-likeness (QED) is 0.660. The molecular formula is C16H23Br2NO3. The number of amides is 1. The van der Waals surface area contributed by atoms with Gasteiger partial charge in [-0.3, -0.25) is 0 Å². The van der Waals surface area contributed by atoms with Crippen LogP contribution in [0.1, 0.15) is 33.3 Å². The number of halogens is 2. The summed E-state index contributed by atoms with van der Waals surface area (Å²) in [6.45, 7) is 8.26. The number of carbonyl (C=O) groups excluding carboxylic acids is 1. The minimum atomic E-state index is -0.522. The van der Waals surface area contributed by atoms with Crippen LogP contribution in [0.15, 0.2) is 28.7 Å². The van der Waals surface area contributed by atoms with Gasteiger partial charge < -0.3 is 14.8 Å². The van der Waals surface area contributed by atoms with Gasteiger partial charge in [-0.2, -0.15) is 0 Å². The summed E-state index contributed by atoms with van der Waals surface area (Å²) in [6, 6.07) is 7.90. The Morgan fingerprint density at radius 1 is 1.23 bits per heavy atom. The average molecular weight is 437 g/mol. The average Bonchev–Trinajstić information content (AvgIpc) is 2.42. The minimum Gasteiger partial charge on any atom is -0.444 e. The second kappa shape index (κ2) is 8.31. The molecule has 6 heteroatoms. The summed E-state index contributed by atoms with van der Waals surface area (Å²) >= 11 is 6.95. The Morgan fingerprint density at radius 3 is 2.41 bits per heavy atom. The van der Waals surface area contributed by atoms with E-state index < -0.39 is 17.3 Å². The first-order valence-electron chi connectivity index (χ1n) is 7.05. The van der Waals surface area contributed by atoms with Crippen molar-refractivity contribution in [3.05, 3.63) is 34.3 Å². The van der Waals surface area contributed by atoms with Gasteiger partial charge >= 0.3 is 6.09 Å². The molecule has 0 aliphatic heterocycles. The van der Waals surface area contributed by atoms with Crippen molar-refractivity contribution in [3.8, 4) is 0 Å². The molecule has 0 saturated carbocycles. The fraction of sp³-hybridized carbons (Fsp3) is 0.562. The molecule has 0 heterocycles. The molecule has 1 N–H and O–H groups in total. The molecule has 22 heavy (non-hydrogen) atoms. The normalized spacial score (nSPS) is 14.3. The molecule has 0 fully saturated rings. The van der Waals surface area contributed by atoms with E-state index in [0.717, 1.165) is 10.0 Å². The highest BCUT2D eigenvalue weighted by Gasteiger charge is 2.26. The van der Waals surface area contributed by atoms with Crippen molar-refractivity contribution in [2.45, 2.75) is 45.5 Å². The summed E-state index contributed by atoms with van der Waals surface area (Å²) in [5, 5.41) is 3.35. The van der Waals surface area contributed by atoms with Crippen LogP contribution >= 0.6 is 31.9 Å². The lowest BCUT2D eigenvalue weighted by Crippen LogP contribution is -2.45. The van der Waals surface area contributed by atoms with E-state index in [1.165, 1.54) is 0 Å². The number of carbonyl (C=O) groups is 1. The van der Waals surface area contributed by atoms with Crippen LogP contribution in [0.25, 0.3) is 0 Å². The smallest absolute Gasteiger partial charge is 0.407 e. The SMILES string of the molecule is CC(C)(C)OC(=O)NCC(C)(CBr)OCc1ccccc1Br. The Kier molecular flexibility index (Phi) is 7.35. The van der Waals surface area contributed by atoms with Gasteiger partial charge in [0.15, 0.2) is 0 Å². The van der Waals surface area contributed by atoms with E-state index in [2.05, 4.69) is 37.2 Å². The molecule has 0 bridgehead atoms. The number of alkyl carbamates (subject to hydrolysis) is 1. The number of benzene rings is 1. The van der Waals surface area contributed by atoms with Gasteiger partial charge in [-0.25, -0.2) is 4.79 Å². The highest BCUT2D eigenvalue weighted by Crippen LogP contribution is 2.21. The van der Waals surface area contributed by atoms with E-state index >= 15 is 0 Å². The lowest BCUT2D eigenvalue weighted by atomic mass is 10.1. The van der Waals surface area contributed by atoms with Crippen molar-refractivity contribution < 1.29 is 14.3 Å². The summed E-state index contributed by atoms with van der Waals surface area (Å²) in [5.41, 5.74) is 0.0311. The van der Waals surface area contributed by atoms with Gasteiger partial charge in [0, 0.05) is 9.80 Å². The Morgan fingerprint density at radius 2 is 1.86 bits per heavy atom. The molecule has 0 spiro atoms. The van der Waals surface area contributed by atoms with Crippen LogP contribution in [0.3, 0.4) is 0 Å². The Labute approximate surface area is 149 Å². The highest BCUT2D eigenvalue weighted by molar-refractivity contribution is 9.10. The number of hydrogen-bond donors (Lipinski definition) is 1. The topological polar surface area (TPSA) is 47.6 Å². The zero-order valence-corrected chi connectivity index (χ0v) is 16.6. The minimum absolute atomic E-state index is 0.359. The van der Waals surface area contributed by atoms with Crippen LogP contribution in [0.4, 0.5) is 4.79 Å². The number of rotatable bonds is 6. The molecule has 0 aliphatic carbocycles. The van der Waals surface area contributed by atoms with Crippen LogP contribution in [-0.2, 0) is 16.1 Å². The summed E-state index contributed by atoms with van der Waals surface area (Å²) in [7, 11) is 0. The molecule has 0 aliphatic rings. The van der Waals surface area contributed by atoms with Gasteiger partial charge in [-0.05, 0) is 39.3 Å². The summed E-state index contributed by atoms with van der Waals surface area (Å²) in [4.78, 5) is 11.7. The van der Waals surface area contributed by atoms with Crippen molar-refractivity contribution >= 4 is 38.0 Å². The predicted octanol–water partition coefficient (Wildman–Crippen LogP) is 4.64. The number of hydrogen-bond acceptors (Lipinski definition) is 3. The second-order valence-electron chi connectivity index (χ2n) is 6.32. The lowest BCUT2D eigenvalue weighted by Gasteiger charge is -2.29.